The zero-order chi connectivity index (χ0) is 11.7. The summed E-state index contributed by atoms with van der Waals surface area (Å²) in [5.74, 6) is 0. The van der Waals surface area contributed by atoms with E-state index in [-0.39, 0.29) is 0 Å². The number of carbonyl (C=O) groups excluding carboxylic acids is 1. The molecule has 1 aromatic carbocycles. The minimum absolute atomic E-state index is 0.651. The van der Waals surface area contributed by atoms with E-state index in [2.05, 4.69) is 5.16 Å². The van der Waals surface area contributed by atoms with Crippen LogP contribution in [0, 0.1) is 0 Å². The van der Waals surface area contributed by atoms with Crippen LogP contribution in [0.15, 0.2) is 47.4 Å². The van der Waals surface area contributed by atoms with E-state index < -0.39 is 0 Å². The van der Waals surface area contributed by atoms with Crippen molar-refractivity contribution >= 4 is 17.2 Å². The summed E-state index contributed by atoms with van der Waals surface area (Å²) in [6.07, 6.45) is 6.02. The van der Waals surface area contributed by atoms with E-state index in [1.165, 1.54) is 0 Å². The number of hydrogen-bond donors (Lipinski definition) is 0. The van der Waals surface area contributed by atoms with Crippen LogP contribution >= 0.6 is 0 Å². The summed E-state index contributed by atoms with van der Waals surface area (Å²) in [5, 5.41) is 4.64. The maximum Gasteiger partial charge on any atom is 0.152 e. The maximum atomic E-state index is 11.0. The molecule has 2 aromatic heterocycles. The Morgan fingerprint density at radius 2 is 2.24 bits per heavy atom. The lowest BCUT2D eigenvalue weighted by Crippen LogP contribution is -1.96. The van der Waals surface area contributed by atoms with E-state index in [0.29, 0.717) is 12.1 Å². The number of aromatic nitrogens is 2. The first-order valence-corrected chi connectivity index (χ1v) is 5.30. The van der Waals surface area contributed by atoms with E-state index >= 15 is 0 Å². The molecule has 0 unspecified atom stereocenters. The van der Waals surface area contributed by atoms with Crippen LogP contribution in [0.3, 0.4) is 0 Å². The molecule has 0 N–H and O–H groups in total. The molecule has 4 nitrogen and oxygen atoms in total. The van der Waals surface area contributed by atoms with Crippen molar-refractivity contribution in [3.8, 4) is 0 Å². The van der Waals surface area contributed by atoms with E-state index in [9.17, 15) is 4.79 Å². The molecule has 0 spiro atoms. The van der Waals surface area contributed by atoms with Crippen molar-refractivity contribution < 1.29 is 9.32 Å². The van der Waals surface area contributed by atoms with Gasteiger partial charge in [0.1, 0.15) is 6.26 Å². The van der Waals surface area contributed by atoms with Gasteiger partial charge in [0.25, 0.3) is 0 Å². The number of fused-ring (bicyclic) bond motifs is 1. The zero-order valence-corrected chi connectivity index (χ0v) is 9.04. The molecule has 0 saturated heterocycles. The van der Waals surface area contributed by atoms with Gasteiger partial charge in [0.05, 0.1) is 12.7 Å². The number of hydrogen-bond acceptors (Lipinski definition) is 3. The van der Waals surface area contributed by atoms with Crippen LogP contribution in [0.25, 0.3) is 10.9 Å². The second-order valence-corrected chi connectivity index (χ2v) is 3.88. The molecule has 0 fully saturated rings. The predicted molar refractivity (Wildman–Crippen MR) is 62.9 cm³/mol. The lowest BCUT2D eigenvalue weighted by atomic mass is 10.2. The highest BCUT2D eigenvalue weighted by molar-refractivity contribution is 5.97. The molecule has 17 heavy (non-hydrogen) atoms. The average molecular weight is 226 g/mol. The van der Waals surface area contributed by atoms with Crippen LogP contribution < -0.4 is 0 Å². The van der Waals surface area contributed by atoms with E-state index in [0.717, 1.165) is 22.8 Å². The minimum Gasteiger partial charge on any atom is -0.364 e. The summed E-state index contributed by atoms with van der Waals surface area (Å²) >= 11 is 0. The SMILES string of the molecule is O=Cc1cn(Cc2cnoc2)c2ccccc12. The fourth-order valence-corrected chi connectivity index (χ4v) is 2.00. The van der Waals surface area contributed by atoms with Crippen molar-refractivity contribution in [3.05, 3.63) is 54.0 Å². The van der Waals surface area contributed by atoms with E-state index in [1.54, 1.807) is 12.5 Å². The first-order valence-electron chi connectivity index (χ1n) is 5.30. The number of benzene rings is 1. The van der Waals surface area contributed by atoms with Crippen LogP contribution in [-0.4, -0.2) is 16.0 Å². The number of carbonyl (C=O) groups is 1. The largest absolute Gasteiger partial charge is 0.364 e. The topological polar surface area (TPSA) is 48.0 Å². The van der Waals surface area contributed by atoms with Crippen LogP contribution in [0.5, 0.6) is 0 Å². The minimum atomic E-state index is 0.651. The Morgan fingerprint density at radius 3 is 3.00 bits per heavy atom. The molecule has 0 saturated carbocycles. The molecule has 0 aliphatic rings. The Morgan fingerprint density at radius 1 is 1.35 bits per heavy atom. The normalized spacial score (nSPS) is 10.8. The molecular formula is C13H10N2O2. The lowest BCUT2D eigenvalue weighted by Gasteiger charge is -2.01. The molecule has 0 radical (unpaired) electrons. The van der Waals surface area contributed by atoms with Crippen molar-refractivity contribution in [2.24, 2.45) is 0 Å². The summed E-state index contributed by atoms with van der Waals surface area (Å²) < 4.78 is 6.82. The molecule has 3 rings (SSSR count). The number of para-hydroxylation sites is 1. The summed E-state index contributed by atoms with van der Waals surface area (Å²) in [6, 6.07) is 7.83. The Bertz CT molecular complexity index is 653. The van der Waals surface area contributed by atoms with Gasteiger partial charge < -0.3 is 9.09 Å². The van der Waals surface area contributed by atoms with Gasteiger partial charge in [-0.05, 0) is 6.07 Å². The Balaban J connectivity index is 2.13. The Hall–Kier alpha value is -2.36. The highest BCUT2D eigenvalue weighted by Gasteiger charge is 2.07. The van der Waals surface area contributed by atoms with Crippen molar-refractivity contribution in [3.63, 3.8) is 0 Å². The van der Waals surface area contributed by atoms with Crippen LogP contribution in [0.2, 0.25) is 0 Å². The fraction of sp³-hybridized carbons (Fsp3) is 0.0769. The molecular weight excluding hydrogens is 216 g/mol. The zero-order valence-electron chi connectivity index (χ0n) is 9.04. The van der Waals surface area contributed by atoms with Gasteiger partial charge in [-0.25, -0.2) is 0 Å². The van der Waals surface area contributed by atoms with Gasteiger partial charge >= 0.3 is 0 Å². The smallest absolute Gasteiger partial charge is 0.152 e. The molecule has 4 heteroatoms. The van der Waals surface area contributed by atoms with Crippen molar-refractivity contribution in [1.82, 2.24) is 9.72 Å². The number of rotatable bonds is 3. The quantitative estimate of drug-likeness (QED) is 0.644. The third-order valence-electron chi connectivity index (χ3n) is 2.78. The van der Waals surface area contributed by atoms with Gasteiger partial charge in [0.2, 0.25) is 0 Å². The molecule has 3 aromatic rings. The van der Waals surface area contributed by atoms with Gasteiger partial charge in [0.15, 0.2) is 6.29 Å². The third kappa shape index (κ3) is 1.63. The number of aldehydes is 1. The van der Waals surface area contributed by atoms with Crippen molar-refractivity contribution in [2.75, 3.05) is 0 Å². The highest BCUT2D eigenvalue weighted by atomic mass is 16.5. The van der Waals surface area contributed by atoms with Gasteiger partial charge in [-0.1, -0.05) is 23.4 Å². The lowest BCUT2D eigenvalue weighted by molar-refractivity contribution is 0.112. The standard InChI is InChI=1S/C13H10N2O2/c16-8-11-7-15(6-10-5-14-17-9-10)13-4-2-1-3-12(11)13/h1-5,7-9H,6H2. The summed E-state index contributed by atoms with van der Waals surface area (Å²) in [7, 11) is 0. The summed E-state index contributed by atoms with van der Waals surface area (Å²) in [5.41, 5.74) is 2.72. The van der Waals surface area contributed by atoms with Gasteiger partial charge in [-0.15, -0.1) is 0 Å². The summed E-state index contributed by atoms with van der Waals surface area (Å²) in [6.45, 7) is 0.651. The molecule has 0 amide bonds. The molecule has 2 heterocycles. The Labute approximate surface area is 97.4 Å². The van der Waals surface area contributed by atoms with Gasteiger partial charge in [0, 0.05) is 28.2 Å². The first-order chi connectivity index (χ1) is 8.38. The molecule has 0 atom stereocenters. The molecule has 0 aliphatic heterocycles. The highest BCUT2D eigenvalue weighted by Crippen LogP contribution is 2.20. The van der Waals surface area contributed by atoms with Crippen molar-refractivity contribution in [1.29, 1.82) is 0 Å². The second kappa shape index (κ2) is 3.90. The third-order valence-corrected chi connectivity index (χ3v) is 2.78. The van der Waals surface area contributed by atoms with Crippen molar-refractivity contribution in [2.45, 2.75) is 6.54 Å². The van der Waals surface area contributed by atoms with E-state index in [4.69, 9.17) is 4.52 Å². The summed E-state index contributed by atoms with van der Waals surface area (Å²) in [4.78, 5) is 11.0. The fourth-order valence-electron chi connectivity index (χ4n) is 2.00. The predicted octanol–water partition coefficient (Wildman–Crippen LogP) is 2.49. The molecule has 0 aliphatic carbocycles. The van der Waals surface area contributed by atoms with Crippen LogP contribution in [-0.2, 0) is 6.54 Å². The van der Waals surface area contributed by atoms with Crippen LogP contribution in [0.4, 0.5) is 0 Å². The second-order valence-electron chi connectivity index (χ2n) is 3.88. The number of nitrogens with zero attached hydrogens (tertiary/aromatic N) is 2. The van der Waals surface area contributed by atoms with E-state index in [1.807, 2.05) is 35.0 Å². The van der Waals surface area contributed by atoms with Gasteiger partial charge in [-0.2, -0.15) is 0 Å². The monoisotopic (exact) mass is 226 g/mol. The maximum absolute atomic E-state index is 11.0. The molecule has 84 valence electrons. The Kier molecular flexibility index (Phi) is 2.26. The van der Waals surface area contributed by atoms with Gasteiger partial charge in [-0.3, -0.25) is 4.79 Å². The van der Waals surface area contributed by atoms with Crippen LogP contribution in [0.1, 0.15) is 15.9 Å². The first kappa shape index (κ1) is 9.84. The molecule has 0 bridgehead atoms. The average Bonchev–Trinajstić information content (AvgIpc) is 2.98.